The van der Waals surface area contributed by atoms with Crippen LogP contribution in [0.5, 0.6) is 0 Å². The van der Waals surface area contributed by atoms with Crippen molar-refractivity contribution in [2.45, 2.75) is 0 Å². The van der Waals surface area contributed by atoms with Gasteiger partial charge in [-0.3, -0.25) is 4.21 Å². The molecule has 0 aliphatic carbocycles. The van der Waals surface area contributed by atoms with E-state index in [1.54, 1.807) is 0 Å². The SMILES string of the molecule is O=S=S1(=O)CCNC1. The molecule has 0 bridgehead atoms. The minimum atomic E-state index is -2.04. The third kappa shape index (κ3) is 1.10. The maximum Gasteiger partial charge on any atom is 0.152 e. The molecule has 1 fully saturated rings. The van der Waals surface area contributed by atoms with Gasteiger partial charge >= 0.3 is 0 Å². The lowest BCUT2D eigenvalue weighted by molar-refractivity contribution is 0.680. The first-order chi connectivity index (χ1) is 3.77. The molecule has 0 aromatic rings. The summed E-state index contributed by atoms with van der Waals surface area (Å²) in [5.41, 5.74) is 0. The smallest absolute Gasteiger partial charge is 0.152 e. The van der Waals surface area contributed by atoms with E-state index in [9.17, 15) is 8.42 Å². The summed E-state index contributed by atoms with van der Waals surface area (Å²) in [5.74, 6) is 0.947. The molecule has 1 aliphatic heterocycles. The topological polar surface area (TPSA) is 46.2 Å². The lowest BCUT2D eigenvalue weighted by Crippen LogP contribution is -2.07. The van der Waals surface area contributed by atoms with Gasteiger partial charge in [0.1, 0.15) is 0 Å². The maximum atomic E-state index is 10.9. The first kappa shape index (κ1) is 6.25. The molecule has 0 aromatic carbocycles. The Morgan fingerprint density at radius 3 is 2.62 bits per heavy atom. The predicted octanol–water partition coefficient (Wildman–Crippen LogP) is -1.04. The second-order valence-corrected chi connectivity index (χ2v) is 6.21. The van der Waals surface area contributed by atoms with Crippen molar-refractivity contribution in [3.8, 4) is 0 Å². The van der Waals surface area contributed by atoms with Crippen LogP contribution in [0.15, 0.2) is 0 Å². The minimum Gasteiger partial charge on any atom is -0.305 e. The molecule has 0 radical (unpaired) electrons. The summed E-state index contributed by atoms with van der Waals surface area (Å²) in [6.07, 6.45) is 0. The Bertz CT molecular complexity index is 199. The van der Waals surface area contributed by atoms with Crippen molar-refractivity contribution in [2.75, 3.05) is 18.2 Å². The Morgan fingerprint density at radius 1 is 1.62 bits per heavy atom. The third-order valence-electron chi connectivity index (χ3n) is 1.04. The lowest BCUT2D eigenvalue weighted by Gasteiger charge is -1.85. The number of hydrogen-bond donors (Lipinski definition) is 1. The van der Waals surface area contributed by atoms with Crippen molar-refractivity contribution in [2.24, 2.45) is 0 Å². The number of hydrogen-bond acceptors (Lipinski definition) is 3. The molecule has 0 aromatic heterocycles. The zero-order valence-electron chi connectivity index (χ0n) is 4.25. The van der Waals surface area contributed by atoms with Gasteiger partial charge in [0.25, 0.3) is 0 Å². The van der Waals surface area contributed by atoms with Crippen LogP contribution in [-0.4, -0.2) is 26.6 Å². The molecule has 1 rings (SSSR count). The van der Waals surface area contributed by atoms with Gasteiger partial charge in [-0.1, -0.05) is 0 Å². The predicted molar refractivity (Wildman–Crippen MR) is 34.0 cm³/mol. The highest BCUT2D eigenvalue weighted by Crippen LogP contribution is 1.94. The molecule has 8 heavy (non-hydrogen) atoms. The van der Waals surface area contributed by atoms with Gasteiger partial charge in [0, 0.05) is 12.3 Å². The Kier molecular flexibility index (Phi) is 1.69. The molecular weight excluding hydrogens is 146 g/mol. The zero-order valence-corrected chi connectivity index (χ0v) is 5.89. The van der Waals surface area contributed by atoms with E-state index >= 15 is 0 Å². The highest BCUT2D eigenvalue weighted by molar-refractivity contribution is 8.35. The maximum absolute atomic E-state index is 10.9. The van der Waals surface area contributed by atoms with Gasteiger partial charge in [0.05, 0.1) is 14.4 Å². The summed E-state index contributed by atoms with van der Waals surface area (Å²) >= 11 is 0. The van der Waals surface area contributed by atoms with Crippen molar-refractivity contribution in [3.63, 3.8) is 0 Å². The molecule has 5 heteroatoms. The molecule has 0 amide bonds. The van der Waals surface area contributed by atoms with Crippen molar-refractivity contribution in [3.05, 3.63) is 0 Å². The highest BCUT2D eigenvalue weighted by atomic mass is 32.9. The standard InChI is InChI=1S/C3H7NO2S2/c5-7-8(6)2-1-4-3-8/h4H,1-3H2. The Balaban J connectivity index is 3.01. The van der Waals surface area contributed by atoms with Crippen LogP contribution in [0, 0.1) is 0 Å². The summed E-state index contributed by atoms with van der Waals surface area (Å²) in [6, 6.07) is 0. The molecule has 0 spiro atoms. The molecular formula is C3H7NO2S2. The quantitative estimate of drug-likeness (QED) is 0.483. The Morgan fingerprint density at radius 2 is 2.38 bits per heavy atom. The summed E-state index contributed by atoms with van der Waals surface area (Å²) in [4.78, 5) is 0. The summed E-state index contributed by atoms with van der Waals surface area (Å²) in [5, 5.41) is 2.87. The van der Waals surface area contributed by atoms with E-state index < -0.39 is 8.49 Å². The van der Waals surface area contributed by atoms with Crippen LogP contribution >= 0.6 is 0 Å². The molecule has 3 nitrogen and oxygen atoms in total. The summed E-state index contributed by atoms with van der Waals surface area (Å²) in [7, 11) is -1.79. The van der Waals surface area contributed by atoms with Crippen LogP contribution in [0.4, 0.5) is 0 Å². The molecule has 1 aliphatic rings. The number of rotatable bonds is 0. The van der Waals surface area contributed by atoms with Crippen LogP contribution < -0.4 is 5.32 Å². The Labute approximate surface area is 51.2 Å². The summed E-state index contributed by atoms with van der Waals surface area (Å²) < 4.78 is 21.0. The number of nitrogens with one attached hydrogen (secondary N) is 1. The van der Waals surface area contributed by atoms with E-state index in [1.165, 1.54) is 0 Å². The fourth-order valence-electron chi connectivity index (χ4n) is 0.586. The van der Waals surface area contributed by atoms with Crippen LogP contribution in [0.25, 0.3) is 0 Å². The normalized spacial score (nSPS) is 37.5. The average Bonchev–Trinajstić information content (AvgIpc) is 2.17. The van der Waals surface area contributed by atoms with Crippen molar-refractivity contribution in [1.82, 2.24) is 5.32 Å². The van der Waals surface area contributed by atoms with E-state index in [1.807, 2.05) is 0 Å². The van der Waals surface area contributed by atoms with Gasteiger partial charge < -0.3 is 5.32 Å². The van der Waals surface area contributed by atoms with Gasteiger partial charge in [-0.2, -0.15) is 0 Å². The first-order valence-corrected chi connectivity index (χ1v) is 5.44. The van der Waals surface area contributed by atoms with Crippen molar-refractivity contribution in [1.29, 1.82) is 0 Å². The summed E-state index contributed by atoms with van der Waals surface area (Å²) in [6.45, 7) is 0.730. The molecule has 1 heterocycles. The van der Waals surface area contributed by atoms with E-state index in [2.05, 4.69) is 5.32 Å². The van der Waals surface area contributed by atoms with Crippen LogP contribution in [-0.2, 0) is 18.7 Å². The molecule has 1 N–H and O–H groups in total. The Hall–Kier alpha value is 0.130. The van der Waals surface area contributed by atoms with Crippen molar-refractivity contribution >= 4 is 18.7 Å². The van der Waals surface area contributed by atoms with E-state index in [-0.39, 0.29) is 10.2 Å². The van der Waals surface area contributed by atoms with Gasteiger partial charge in [-0.25, -0.2) is 4.21 Å². The zero-order chi connectivity index (χ0) is 6.04. The second kappa shape index (κ2) is 2.16. The van der Waals surface area contributed by atoms with Gasteiger partial charge in [-0.15, -0.1) is 0 Å². The average molecular weight is 153 g/mol. The van der Waals surface area contributed by atoms with E-state index in [0.717, 1.165) is 6.54 Å². The van der Waals surface area contributed by atoms with E-state index in [0.29, 0.717) is 11.6 Å². The largest absolute Gasteiger partial charge is 0.305 e. The molecule has 0 saturated carbocycles. The van der Waals surface area contributed by atoms with Crippen LogP contribution in [0.1, 0.15) is 0 Å². The van der Waals surface area contributed by atoms with Gasteiger partial charge in [0.2, 0.25) is 0 Å². The fraction of sp³-hybridized carbons (Fsp3) is 1.00. The van der Waals surface area contributed by atoms with E-state index in [4.69, 9.17) is 0 Å². The van der Waals surface area contributed by atoms with Gasteiger partial charge in [-0.05, 0) is 0 Å². The third-order valence-corrected chi connectivity index (χ3v) is 4.35. The molecule has 1 saturated heterocycles. The first-order valence-electron chi connectivity index (χ1n) is 2.28. The fourth-order valence-corrected chi connectivity index (χ4v) is 2.61. The van der Waals surface area contributed by atoms with Gasteiger partial charge in [0.15, 0.2) is 10.2 Å². The lowest BCUT2D eigenvalue weighted by atomic mass is 10.8. The molecule has 1 unspecified atom stereocenters. The highest BCUT2D eigenvalue weighted by Gasteiger charge is 2.13. The molecule has 48 valence electrons. The van der Waals surface area contributed by atoms with Crippen LogP contribution in [0.3, 0.4) is 0 Å². The monoisotopic (exact) mass is 153 g/mol. The van der Waals surface area contributed by atoms with Crippen LogP contribution in [0.2, 0.25) is 0 Å². The second-order valence-electron chi connectivity index (χ2n) is 1.66. The minimum absolute atomic E-state index is 0.250. The van der Waals surface area contributed by atoms with Crippen molar-refractivity contribution < 1.29 is 8.42 Å². The molecule has 1 atom stereocenters.